The standard InChI is InChI=1S/C28H29N5O3.C27H29N5O2/c1-2-3-9-24(34)32-16-14-19(15-17-32)23-18-30-33-26(27(29)35)25(31-28(23)33)20-10-12-22(13-11-20)36-21-7-5-4-6-8-21;1-3-15-31-16-13-19(14-17-31)23-18-29-32-25(26(28)33)24(30(2)27(23)32)20-9-11-22(12-10-20)34-21-7-5-4-6-8-21/h3-13,18-19,30H,2,14-17H2,1H3,(H2,29,35);3-12,15,18-19H,13-14,16-17H2,1-2H3,(H2,28,33). The number of piperidine rings is 2. The van der Waals surface area contributed by atoms with E-state index in [9.17, 15) is 14.4 Å². The monoisotopic (exact) mass is 938 g/mol. The van der Waals surface area contributed by atoms with E-state index in [0.717, 1.165) is 90.5 Å². The Labute approximate surface area is 406 Å². The second kappa shape index (κ2) is 20.9. The third kappa shape index (κ3) is 9.81. The SMILES string of the molecule is CC=CN1CCC(c2cnn3c(C(N)=O)c(-c4ccc(Oc5ccccc5)cc4)n(C)c23)CC1.CCC=CC(=O)N1CCC(c2c[nH]n3c(C(N)=O)c(-c4ccc(Oc5ccccc5)cc4)nc23)CC1. The van der Waals surface area contributed by atoms with Crippen molar-refractivity contribution >= 4 is 29.0 Å². The highest BCUT2D eigenvalue weighted by atomic mass is 16.5. The summed E-state index contributed by atoms with van der Waals surface area (Å²) in [6.45, 7) is 7.45. The Hall–Kier alpha value is -8.33. The van der Waals surface area contributed by atoms with Crippen molar-refractivity contribution in [3.05, 3.63) is 169 Å². The number of para-hydroxylation sites is 2. The second-order valence-electron chi connectivity index (χ2n) is 17.6. The molecule has 15 heteroatoms. The number of aromatic amines is 1. The Morgan fingerprint density at radius 3 is 1.81 bits per heavy atom. The summed E-state index contributed by atoms with van der Waals surface area (Å²) < 4.78 is 17.2. The zero-order chi connectivity index (χ0) is 48.7. The molecule has 2 fully saturated rings. The lowest BCUT2D eigenvalue weighted by atomic mass is 9.91. The first-order chi connectivity index (χ1) is 34.1. The van der Waals surface area contributed by atoms with E-state index < -0.39 is 11.8 Å². The number of rotatable bonds is 13. The van der Waals surface area contributed by atoms with Gasteiger partial charge < -0.3 is 35.3 Å². The number of carbonyl (C=O) groups excluding carboxylic acids is 3. The van der Waals surface area contributed by atoms with Crippen molar-refractivity contribution in [2.45, 2.75) is 57.8 Å². The summed E-state index contributed by atoms with van der Waals surface area (Å²) in [6.07, 6.45) is 16.2. The lowest BCUT2D eigenvalue weighted by Crippen LogP contribution is -2.36. The fourth-order valence-corrected chi connectivity index (χ4v) is 9.64. The minimum Gasteiger partial charge on any atom is -0.457 e. The number of hydrogen-bond donors (Lipinski definition) is 3. The number of H-pyrrole nitrogens is 1. The highest BCUT2D eigenvalue weighted by Gasteiger charge is 2.30. The lowest BCUT2D eigenvalue weighted by Gasteiger charge is -2.31. The summed E-state index contributed by atoms with van der Waals surface area (Å²) in [5.41, 5.74) is 19.1. The summed E-state index contributed by atoms with van der Waals surface area (Å²) in [4.78, 5) is 46.4. The molecule has 6 heterocycles. The first kappa shape index (κ1) is 46.8. The highest BCUT2D eigenvalue weighted by molar-refractivity contribution is 5.99. The van der Waals surface area contributed by atoms with Crippen LogP contribution in [0.4, 0.5) is 0 Å². The van der Waals surface area contributed by atoms with Crippen molar-refractivity contribution in [1.29, 1.82) is 0 Å². The van der Waals surface area contributed by atoms with Crippen molar-refractivity contribution < 1.29 is 23.9 Å². The van der Waals surface area contributed by atoms with E-state index >= 15 is 0 Å². The molecular weight excluding hydrogens is 881 g/mol. The number of nitrogens with one attached hydrogen (secondary N) is 1. The molecule has 0 aliphatic carbocycles. The molecule has 4 aromatic carbocycles. The molecule has 4 aromatic heterocycles. The Bertz CT molecular complexity index is 3150. The van der Waals surface area contributed by atoms with Crippen LogP contribution >= 0.6 is 0 Å². The topological polar surface area (TPSA) is 184 Å². The molecule has 358 valence electrons. The fourth-order valence-electron chi connectivity index (χ4n) is 9.64. The van der Waals surface area contributed by atoms with E-state index in [0.29, 0.717) is 47.5 Å². The van der Waals surface area contributed by atoms with Crippen molar-refractivity contribution in [3.8, 4) is 45.5 Å². The molecule has 15 nitrogen and oxygen atoms in total. The predicted molar refractivity (Wildman–Crippen MR) is 271 cm³/mol. The van der Waals surface area contributed by atoms with E-state index in [1.807, 2.05) is 158 Å². The average molecular weight is 939 g/mol. The van der Waals surface area contributed by atoms with Crippen molar-refractivity contribution in [2.75, 3.05) is 26.2 Å². The van der Waals surface area contributed by atoms with E-state index in [1.54, 1.807) is 15.1 Å². The van der Waals surface area contributed by atoms with Gasteiger partial charge >= 0.3 is 0 Å². The van der Waals surface area contributed by atoms with Gasteiger partial charge in [0, 0.05) is 61.7 Å². The van der Waals surface area contributed by atoms with Crippen LogP contribution in [0.1, 0.15) is 89.9 Å². The van der Waals surface area contributed by atoms with Gasteiger partial charge in [-0.1, -0.05) is 55.5 Å². The van der Waals surface area contributed by atoms with Gasteiger partial charge in [0.2, 0.25) is 5.91 Å². The molecule has 2 saturated heterocycles. The van der Waals surface area contributed by atoms with Crippen LogP contribution in [0.3, 0.4) is 0 Å². The third-order valence-electron chi connectivity index (χ3n) is 13.1. The molecule has 0 bridgehead atoms. The number of fused-ring (bicyclic) bond motifs is 2. The average Bonchev–Trinajstić information content (AvgIpc) is 4.16. The van der Waals surface area contributed by atoms with Crippen LogP contribution in [0, 0.1) is 0 Å². The van der Waals surface area contributed by atoms with Crippen molar-refractivity contribution in [1.82, 2.24) is 38.6 Å². The maximum Gasteiger partial charge on any atom is 0.269 e. The lowest BCUT2D eigenvalue weighted by molar-refractivity contribution is -0.127. The smallest absolute Gasteiger partial charge is 0.269 e. The Morgan fingerprint density at radius 2 is 1.26 bits per heavy atom. The van der Waals surface area contributed by atoms with Crippen LogP contribution in [0.25, 0.3) is 33.8 Å². The van der Waals surface area contributed by atoms with E-state index in [4.69, 9.17) is 25.9 Å². The normalized spacial score (nSPS) is 14.7. The molecule has 5 N–H and O–H groups in total. The van der Waals surface area contributed by atoms with Crippen molar-refractivity contribution in [3.63, 3.8) is 0 Å². The van der Waals surface area contributed by atoms with E-state index in [1.165, 1.54) is 5.56 Å². The number of benzene rings is 4. The number of nitrogens with two attached hydrogens (primary N) is 2. The van der Waals surface area contributed by atoms with Crippen molar-refractivity contribution in [2.24, 2.45) is 18.5 Å². The second-order valence-corrected chi connectivity index (χ2v) is 17.6. The highest BCUT2D eigenvalue weighted by Crippen LogP contribution is 2.37. The number of hydrogen-bond acceptors (Lipinski definition) is 8. The quantitative estimate of drug-likeness (QED) is 0.0955. The van der Waals surface area contributed by atoms with Gasteiger partial charge in [0.05, 0.1) is 11.9 Å². The van der Waals surface area contributed by atoms with Gasteiger partial charge in [0.25, 0.3) is 11.8 Å². The first-order valence-electron chi connectivity index (χ1n) is 23.9. The Kier molecular flexibility index (Phi) is 14.0. The maximum atomic E-state index is 12.5. The summed E-state index contributed by atoms with van der Waals surface area (Å²) in [7, 11) is 1.98. The Morgan fingerprint density at radius 1 is 0.714 bits per heavy atom. The molecule has 2 aliphatic heterocycles. The minimum absolute atomic E-state index is 0.0633. The van der Waals surface area contributed by atoms with E-state index in [-0.39, 0.29) is 11.8 Å². The molecular formula is C55H58N10O5. The molecule has 0 radical (unpaired) electrons. The number of imidazole rings is 2. The summed E-state index contributed by atoms with van der Waals surface area (Å²) in [5.74, 6) is 2.56. The molecule has 0 spiro atoms. The number of amides is 3. The minimum atomic E-state index is -0.557. The molecule has 3 amide bonds. The molecule has 2 aliphatic rings. The molecule has 0 atom stereocenters. The van der Waals surface area contributed by atoms with Crippen LogP contribution in [0.2, 0.25) is 0 Å². The molecule has 10 rings (SSSR count). The summed E-state index contributed by atoms with van der Waals surface area (Å²) >= 11 is 0. The fraction of sp³-hybridized carbons (Fsp3) is 0.255. The summed E-state index contributed by atoms with van der Waals surface area (Å²) in [6, 6.07) is 34.4. The zero-order valence-corrected chi connectivity index (χ0v) is 39.7. The maximum absolute atomic E-state index is 12.5. The number of allylic oxidation sites excluding steroid dienone is 2. The van der Waals surface area contributed by atoms with Crippen LogP contribution in [-0.4, -0.2) is 82.5 Å². The number of primary amides is 2. The van der Waals surface area contributed by atoms with Gasteiger partial charge in [-0.15, -0.1) is 0 Å². The van der Waals surface area contributed by atoms with E-state index in [2.05, 4.69) is 27.4 Å². The van der Waals surface area contributed by atoms with Crippen LogP contribution in [0.5, 0.6) is 23.0 Å². The third-order valence-corrected chi connectivity index (χ3v) is 13.1. The number of ether oxygens (including phenoxy) is 2. The number of nitrogens with zero attached hydrogens (tertiary/aromatic N) is 7. The molecule has 0 saturated carbocycles. The van der Waals surface area contributed by atoms with Gasteiger partial charge in [0.15, 0.2) is 17.0 Å². The predicted octanol–water partition coefficient (Wildman–Crippen LogP) is 9.84. The number of aryl methyl sites for hydroxylation is 1. The number of carbonyl (C=O) groups is 3. The van der Waals surface area contributed by atoms with Crippen LogP contribution in [-0.2, 0) is 11.8 Å². The molecule has 0 unspecified atom stereocenters. The zero-order valence-electron chi connectivity index (χ0n) is 39.7. The molecule has 8 aromatic rings. The van der Waals surface area contributed by atoms with Gasteiger partial charge in [0.1, 0.15) is 34.3 Å². The van der Waals surface area contributed by atoms with Crippen LogP contribution < -0.4 is 20.9 Å². The van der Waals surface area contributed by atoms with Gasteiger partial charge in [-0.2, -0.15) is 5.10 Å². The van der Waals surface area contributed by atoms with Gasteiger partial charge in [-0.05, 0) is 136 Å². The van der Waals surface area contributed by atoms with Gasteiger partial charge in [-0.3, -0.25) is 19.5 Å². The molecule has 70 heavy (non-hydrogen) atoms. The number of aromatic nitrogens is 6. The summed E-state index contributed by atoms with van der Waals surface area (Å²) in [5, 5.41) is 7.76. The van der Waals surface area contributed by atoms with Crippen LogP contribution in [0.15, 0.2) is 146 Å². The Balaban J connectivity index is 0.000000174. The number of likely N-dealkylation sites (tertiary alicyclic amines) is 2. The van der Waals surface area contributed by atoms with Gasteiger partial charge in [-0.25, -0.2) is 14.0 Å². The first-order valence-corrected chi connectivity index (χ1v) is 23.9. The largest absolute Gasteiger partial charge is 0.457 e.